The monoisotopic (exact) mass is 427 g/mol. The summed E-state index contributed by atoms with van der Waals surface area (Å²) in [7, 11) is 1.63. The molecule has 2 unspecified atom stereocenters. The number of nitrogens with zero attached hydrogens (tertiary/aromatic N) is 2. The van der Waals surface area contributed by atoms with Crippen LogP contribution in [0, 0.1) is 0 Å². The molecule has 29 heavy (non-hydrogen) atoms. The molecule has 2 atom stereocenters. The van der Waals surface area contributed by atoms with Gasteiger partial charge in [-0.05, 0) is 39.3 Å². The van der Waals surface area contributed by atoms with Crippen LogP contribution in [0.1, 0.15) is 45.2 Å². The molecule has 1 aliphatic heterocycles. The number of likely N-dealkylation sites (N-methyl/N-ethyl adjacent to an activating group) is 1. The van der Waals surface area contributed by atoms with Crippen molar-refractivity contribution in [3.8, 4) is 5.75 Å². The molecule has 2 N–H and O–H groups in total. The van der Waals surface area contributed by atoms with Gasteiger partial charge in [0, 0.05) is 24.7 Å². The molecule has 1 aliphatic rings. The molecule has 1 fully saturated rings. The second kappa shape index (κ2) is 12.0. The summed E-state index contributed by atoms with van der Waals surface area (Å²) < 4.78 is 5.39. The molecule has 1 heterocycles. The third-order valence-electron chi connectivity index (χ3n) is 5.65. The van der Waals surface area contributed by atoms with Crippen LogP contribution in [0.5, 0.6) is 5.75 Å². The molecular formula is C21H34ClN3O4. The van der Waals surface area contributed by atoms with E-state index in [-0.39, 0.29) is 43.0 Å². The van der Waals surface area contributed by atoms with Crippen molar-refractivity contribution in [2.45, 2.75) is 51.7 Å². The molecular weight excluding hydrogens is 394 g/mol. The Labute approximate surface area is 179 Å². The molecule has 0 spiro atoms. The van der Waals surface area contributed by atoms with Gasteiger partial charge < -0.3 is 15.2 Å². The first-order valence-corrected chi connectivity index (χ1v) is 10.0. The number of rotatable bonds is 9. The average molecular weight is 428 g/mol. The lowest BCUT2D eigenvalue weighted by Gasteiger charge is -2.39. The van der Waals surface area contributed by atoms with E-state index in [0.29, 0.717) is 0 Å². The number of hydrogen-bond donors (Lipinski definition) is 2. The van der Waals surface area contributed by atoms with E-state index < -0.39 is 5.97 Å². The van der Waals surface area contributed by atoms with E-state index in [9.17, 15) is 9.59 Å². The number of carboxylic acids is 1. The summed E-state index contributed by atoms with van der Waals surface area (Å²) in [5.74, 6) is -0.0288. The van der Waals surface area contributed by atoms with Crippen LogP contribution in [0.4, 0.5) is 0 Å². The maximum Gasteiger partial charge on any atom is 0.317 e. The zero-order valence-electron chi connectivity index (χ0n) is 17.8. The third kappa shape index (κ3) is 6.87. The molecule has 2 rings (SSSR count). The highest BCUT2D eigenvalue weighted by Crippen LogP contribution is 2.25. The minimum absolute atomic E-state index is 0. The van der Waals surface area contributed by atoms with Crippen molar-refractivity contribution >= 4 is 24.3 Å². The number of carboxylic acid groups (broad SMARTS) is 1. The van der Waals surface area contributed by atoms with Gasteiger partial charge in [0.1, 0.15) is 5.75 Å². The number of aliphatic carboxylic acids is 1. The lowest BCUT2D eigenvalue weighted by molar-refractivity contribution is -0.139. The van der Waals surface area contributed by atoms with Crippen LogP contribution >= 0.6 is 12.4 Å². The number of ether oxygens (including phenoxy) is 1. The number of methoxy groups -OCH3 is 1. The van der Waals surface area contributed by atoms with Gasteiger partial charge in [-0.25, -0.2) is 0 Å². The summed E-state index contributed by atoms with van der Waals surface area (Å²) in [6.45, 7) is 8.26. The fraction of sp³-hybridized carbons (Fsp3) is 0.619. The van der Waals surface area contributed by atoms with Crippen LogP contribution in [0.15, 0.2) is 24.3 Å². The number of halogens is 1. The summed E-state index contributed by atoms with van der Waals surface area (Å²) in [4.78, 5) is 28.0. The van der Waals surface area contributed by atoms with Crippen molar-refractivity contribution in [2.24, 2.45) is 0 Å². The van der Waals surface area contributed by atoms with Gasteiger partial charge in [-0.1, -0.05) is 25.1 Å². The van der Waals surface area contributed by atoms with Gasteiger partial charge in [0.05, 0.1) is 25.7 Å². The van der Waals surface area contributed by atoms with Crippen LogP contribution in [0.2, 0.25) is 0 Å². The summed E-state index contributed by atoms with van der Waals surface area (Å²) in [6.07, 6.45) is 1.75. The maximum atomic E-state index is 12.8. The summed E-state index contributed by atoms with van der Waals surface area (Å²) in [6, 6.07) is 7.59. The Morgan fingerprint density at radius 1 is 1.28 bits per heavy atom. The number of carbonyl (C=O) groups is 2. The molecule has 0 saturated carbocycles. The quantitative estimate of drug-likeness (QED) is 0.630. The van der Waals surface area contributed by atoms with E-state index in [1.165, 1.54) is 0 Å². The van der Waals surface area contributed by atoms with E-state index in [1.807, 2.05) is 49.9 Å². The van der Waals surface area contributed by atoms with Crippen LogP contribution in [-0.2, 0) is 9.59 Å². The normalized spacial score (nSPS) is 17.3. The van der Waals surface area contributed by atoms with Crippen LogP contribution in [0.3, 0.4) is 0 Å². The summed E-state index contributed by atoms with van der Waals surface area (Å²) in [5.41, 5.74) is 0.955. The minimum atomic E-state index is -0.789. The van der Waals surface area contributed by atoms with Crippen molar-refractivity contribution < 1.29 is 19.4 Å². The maximum absolute atomic E-state index is 12.8. The molecule has 7 nitrogen and oxygen atoms in total. The van der Waals surface area contributed by atoms with Gasteiger partial charge in [0.25, 0.3) is 0 Å². The lowest BCUT2D eigenvalue weighted by Crippen LogP contribution is -2.52. The highest BCUT2D eigenvalue weighted by Gasteiger charge is 2.30. The lowest BCUT2D eigenvalue weighted by atomic mass is 10.0. The van der Waals surface area contributed by atoms with Crippen LogP contribution in [-0.4, -0.2) is 72.2 Å². The molecule has 164 valence electrons. The predicted octanol–water partition coefficient (Wildman–Crippen LogP) is 2.55. The van der Waals surface area contributed by atoms with E-state index in [1.54, 1.807) is 7.11 Å². The van der Waals surface area contributed by atoms with E-state index in [0.717, 1.165) is 43.8 Å². The first-order valence-electron chi connectivity index (χ1n) is 10.0. The molecule has 0 bridgehead atoms. The Kier molecular flexibility index (Phi) is 10.4. The summed E-state index contributed by atoms with van der Waals surface area (Å²) in [5, 5.41) is 12.2. The summed E-state index contributed by atoms with van der Waals surface area (Å²) >= 11 is 0. The van der Waals surface area contributed by atoms with Gasteiger partial charge in [-0.15, -0.1) is 12.4 Å². The van der Waals surface area contributed by atoms with Gasteiger partial charge in [0.15, 0.2) is 0 Å². The molecule has 8 heteroatoms. The average Bonchev–Trinajstić information content (AvgIpc) is 2.71. The number of benzene rings is 1. The standard InChI is InChI=1S/C21H33N3O4.ClH/c1-5-23(14-20(25)26)17-10-12-24(13-11-17)16(3)21(27)22-15(2)18-8-6-7-9-19(18)28-4;/h6-9,15-17H,5,10-14H2,1-4H3,(H,22,27)(H,25,26);1H. The Balaban J connectivity index is 0.00000420. The van der Waals surface area contributed by atoms with E-state index in [4.69, 9.17) is 9.84 Å². The van der Waals surface area contributed by atoms with Crippen molar-refractivity contribution in [3.05, 3.63) is 29.8 Å². The van der Waals surface area contributed by atoms with Gasteiger partial charge in [-0.2, -0.15) is 0 Å². The largest absolute Gasteiger partial charge is 0.496 e. The fourth-order valence-electron chi connectivity index (χ4n) is 3.91. The zero-order valence-corrected chi connectivity index (χ0v) is 18.6. The Morgan fingerprint density at radius 2 is 1.90 bits per heavy atom. The third-order valence-corrected chi connectivity index (χ3v) is 5.65. The molecule has 1 amide bonds. The zero-order chi connectivity index (χ0) is 20.7. The minimum Gasteiger partial charge on any atom is -0.496 e. The Hall–Kier alpha value is -1.83. The van der Waals surface area contributed by atoms with E-state index >= 15 is 0 Å². The molecule has 1 saturated heterocycles. The predicted molar refractivity (Wildman–Crippen MR) is 116 cm³/mol. The number of nitrogens with one attached hydrogen (secondary N) is 1. The number of likely N-dealkylation sites (tertiary alicyclic amines) is 1. The molecule has 1 aromatic rings. The fourth-order valence-corrected chi connectivity index (χ4v) is 3.91. The van der Waals surface area contributed by atoms with Gasteiger partial charge in [-0.3, -0.25) is 19.4 Å². The van der Waals surface area contributed by atoms with Gasteiger partial charge in [0.2, 0.25) is 5.91 Å². The highest BCUT2D eigenvalue weighted by molar-refractivity contribution is 5.85. The van der Waals surface area contributed by atoms with Crippen LogP contribution in [0.25, 0.3) is 0 Å². The number of piperidine rings is 1. The van der Waals surface area contributed by atoms with Crippen molar-refractivity contribution in [1.82, 2.24) is 15.1 Å². The Morgan fingerprint density at radius 3 is 2.45 bits per heavy atom. The number of carbonyl (C=O) groups excluding carboxylic acids is 1. The number of amides is 1. The first-order chi connectivity index (χ1) is 13.4. The smallest absolute Gasteiger partial charge is 0.317 e. The number of para-hydroxylation sites is 1. The van der Waals surface area contributed by atoms with Crippen molar-refractivity contribution in [3.63, 3.8) is 0 Å². The van der Waals surface area contributed by atoms with Crippen molar-refractivity contribution in [1.29, 1.82) is 0 Å². The highest BCUT2D eigenvalue weighted by atomic mass is 35.5. The SMILES string of the molecule is CCN(CC(=O)O)C1CCN(C(C)C(=O)NC(C)c2ccccc2OC)CC1.Cl. The molecule has 0 radical (unpaired) electrons. The Bertz CT molecular complexity index is 665. The molecule has 0 aromatic heterocycles. The first kappa shape index (κ1) is 25.2. The molecule has 1 aromatic carbocycles. The van der Waals surface area contributed by atoms with E-state index in [2.05, 4.69) is 10.2 Å². The van der Waals surface area contributed by atoms with Crippen LogP contribution < -0.4 is 10.1 Å². The second-order valence-corrected chi connectivity index (χ2v) is 7.37. The second-order valence-electron chi connectivity index (χ2n) is 7.37. The molecule has 0 aliphatic carbocycles. The van der Waals surface area contributed by atoms with Crippen molar-refractivity contribution in [2.75, 3.05) is 33.3 Å². The number of hydrogen-bond acceptors (Lipinski definition) is 5. The van der Waals surface area contributed by atoms with Gasteiger partial charge >= 0.3 is 5.97 Å². The topological polar surface area (TPSA) is 82.1 Å².